The predicted octanol–water partition coefficient (Wildman–Crippen LogP) is 2.64. The molecule has 0 rings (SSSR count). The summed E-state index contributed by atoms with van der Waals surface area (Å²) in [6.45, 7) is 9.54. The molecule has 0 aromatic rings. The molecular formula is C14H32N2O. The summed E-state index contributed by atoms with van der Waals surface area (Å²) in [5.41, 5.74) is 6.20. The summed E-state index contributed by atoms with van der Waals surface area (Å²) < 4.78 is 5.19. The van der Waals surface area contributed by atoms with Crippen LogP contribution in [0.5, 0.6) is 0 Å². The first-order chi connectivity index (χ1) is 8.19. The van der Waals surface area contributed by atoms with Crippen molar-refractivity contribution >= 4 is 0 Å². The Labute approximate surface area is 108 Å². The fourth-order valence-electron chi connectivity index (χ4n) is 2.30. The number of hydrogen-bond donors (Lipinski definition) is 1. The molecule has 1 unspecified atom stereocenters. The van der Waals surface area contributed by atoms with E-state index in [4.69, 9.17) is 10.5 Å². The van der Waals surface area contributed by atoms with Crippen LogP contribution >= 0.6 is 0 Å². The first-order valence-electron chi connectivity index (χ1n) is 7.18. The van der Waals surface area contributed by atoms with Crippen molar-refractivity contribution < 1.29 is 4.74 Å². The van der Waals surface area contributed by atoms with Gasteiger partial charge in [0, 0.05) is 32.3 Å². The van der Waals surface area contributed by atoms with Crippen LogP contribution < -0.4 is 5.73 Å². The lowest BCUT2D eigenvalue weighted by molar-refractivity contribution is 0.109. The molecule has 0 fully saturated rings. The smallest absolute Gasteiger partial charge is 0.0589 e. The number of nitrogens with two attached hydrogens (primary N) is 1. The van der Waals surface area contributed by atoms with Crippen LogP contribution in [0.2, 0.25) is 0 Å². The number of nitrogens with zero attached hydrogens (tertiary/aromatic N) is 1. The topological polar surface area (TPSA) is 38.5 Å². The van der Waals surface area contributed by atoms with Crippen LogP contribution in [0.4, 0.5) is 0 Å². The summed E-state index contributed by atoms with van der Waals surface area (Å²) in [6, 6.07) is 0.963. The second-order valence-electron chi connectivity index (χ2n) is 4.86. The van der Waals surface area contributed by atoms with Gasteiger partial charge < -0.3 is 10.5 Å². The summed E-state index contributed by atoms with van der Waals surface area (Å²) in [7, 11) is 1.77. The maximum atomic E-state index is 6.20. The van der Waals surface area contributed by atoms with E-state index in [-0.39, 0.29) is 0 Å². The molecule has 3 heteroatoms. The lowest BCUT2D eigenvalue weighted by Gasteiger charge is -2.32. The molecular weight excluding hydrogens is 212 g/mol. The molecule has 1 atom stereocenters. The van der Waals surface area contributed by atoms with E-state index in [0.717, 1.165) is 26.1 Å². The molecule has 0 aliphatic rings. The Morgan fingerprint density at radius 2 is 1.82 bits per heavy atom. The molecule has 0 saturated heterocycles. The average molecular weight is 244 g/mol. The summed E-state index contributed by atoms with van der Waals surface area (Å²) in [6.07, 6.45) is 6.00. The van der Waals surface area contributed by atoms with Crippen molar-refractivity contribution in [2.75, 3.05) is 26.8 Å². The normalized spacial score (nSPS) is 13.6. The van der Waals surface area contributed by atoms with Crippen molar-refractivity contribution in [3.8, 4) is 0 Å². The highest BCUT2D eigenvalue weighted by molar-refractivity contribution is 4.74. The van der Waals surface area contributed by atoms with Gasteiger partial charge in [0.05, 0.1) is 6.61 Å². The van der Waals surface area contributed by atoms with E-state index in [2.05, 4.69) is 25.7 Å². The maximum Gasteiger partial charge on any atom is 0.0589 e. The van der Waals surface area contributed by atoms with Gasteiger partial charge in [-0.1, -0.05) is 33.6 Å². The molecule has 0 aromatic carbocycles. The molecule has 3 nitrogen and oxygen atoms in total. The molecule has 0 aliphatic heterocycles. The number of hydrogen-bond acceptors (Lipinski definition) is 3. The van der Waals surface area contributed by atoms with Gasteiger partial charge in [0.2, 0.25) is 0 Å². The molecule has 0 radical (unpaired) electrons. The van der Waals surface area contributed by atoms with E-state index >= 15 is 0 Å². The molecule has 0 amide bonds. The summed E-state index contributed by atoms with van der Waals surface area (Å²) in [5.74, 6) is 0. The van der Waals surface area contributed by atoms with Crippen LogP contribution in [0.25, 0.3) is 0 Å². The summed E-state index contributed by atoms with van der Waals surface area (Å²) >= 11 is 0. The Morgan fingerprint density at radius 3 is 2.29 bits per heavy atom. The molecule has 104 valence electrons. The van der Waals surface area contributed by atoms with Crippen LogP contribution in [0.1, 0.15) is 52.9 Å². The fraction of sp³-hybridized carbons (Fsp3) is 1.00. The molecule has 2 N–H and O–H groups in total. The predicted molar refractivity (Wildman–Crippen MR) is 75.3 cm³/mol. The number of ether oxygens (including phenoxy) is 1. The first-order valence-corrected chi connectivity index (χ1v) is 7.18. The number of unbranched alkanes of at least 4 members (excludes halogenated alkanes) is 1. The summed E-state index contributed by atoms with van der Waals surface area (Å²) in [4.78, 5) is 2.50. The van der Waals surface area contributed by atoms with Gasteiger partial charge >= 0.3 is 0 Å². The Balaban J connectivity index is 4.15. The highest BCUT2D eigenvalue weighted by Gasteiger charge is 2.17. The van der Waals surface area contributed by atoms with Crippen LogP contribution in [0.3, 0.4) is 0 Å². The van der Waals surface area contributed by atoms with Crippen LogP contribution in [0.15, 0.2) is 0 Å². The summed E-state index contributed by atoms with van der Waals surface area (Å²) in [5, 5.41) is 0. The van der Waals surface area contributed by atoms with Gasteiger partial charge in [-0.05, 0) is 19.3 Å². The van der Waals surface area contributed by atoms with E-state index in [0.29, 0.717) is 12.1 Å². The molecule has 0 aromatic heterocycles. The first kappa shape index (κ1) is 16.9. The third kappa shape index (κ3) is 7.74. The van der Waals surface area contributed by atoms with Gasteiger partial charge in [-0.2, -0.15) is 0 Å². The lowest BCUT2D eigenvalue weighted by Crippen LogP contribution is -2.44. The van der Waals surface area contributed by atoms with Crippen molar-refractivity contribution in [1.29, 1.82) is 0 Å². The Morgan fingerprint density at radius 1 is 1.18 bits per heavy atom. The Kier molecular flexibility index (Phi) is 10.9. The third-order valence-corrected chi connectivity index (χ3v) is 3.44. The van der Waals surface area contributed by atoms with Crippen LogP contribution in [-0.4, -0.2) is 43.8 Å². The van der Waals surface area contributed by atoms with Crippen LogP contribution in [0, 0.1) is 0 Å². The van der Waals surface area contributed by atoms with Gasteiger partial charge in [0.15, 0.2) is 0 Å². The van der Waals surface area contributed by atoms with Gasteiger partial charge in [0.1, 0.15) is 0 Å². The minimum Gasteiger partial charge on any atom is -0.383 e. The molecule has 0 bridgehead atoms. The maximum absolute atomic E-state index is 6.20. The van der Waals surface area contributed by atoms with Gasteiger partial charge in [-0.25, -0.2) is 0 Å². The standard InChI is InChI=1S/C14H32N2O/c1-5-8-9-13(15)12-16(10-11-17-4)14(6-2)7-3/h13-14H,5-12,15H2,1-4H3. The third-order valence-electron chi connectivity index (χ3n) is 3.44. The highest BCUT2D eigenvalue weighted by atomic mass is 16.5. The number of methoxy groups -OCH3 is 1. The van der Waals surface area contributed by atoms with E-state index < -0.39 is 0 Å². The number of rotatable bonds is 11. The zero-order chi connectivity index (χ0) is 13.1. The van der Waals surface area contributed by atoms with E-state index in [9.17, 15) is 0 Å². The van der Waals surface area contributed by atoms with E-state index in [1.54, 1.807) is 7.11 Å². The highest BCUT2D eigenvalue weighted by Crippen LogP contribution is 2.10. The average Bonchev–Trinajstić information content (AvgIpc) is 2.34. The van der Waals surface area contributed by atoms with Gasteiger partial charge in [-0.15, -0.1) is 0 Å². The van der Waals surface area contributed by atoms with E-state index in [1.165, 1.54) is 25.7 Å². The van der Waals surface area contributed by atoms with Crippen LogP contribution in [-0.2, 0) is 4.74 Å². The van der Waals surface area contributed by atoms with Crippen molar-refractivity contribution in [3.05, 3.63) is 0 Å². The van der Waals surface area contributed by atoms with Gasteiger partial charge in [0.25, 0.3) is 0 Å². The van der Waals surface area contributed by atoms with E-state index in [1.807, 2.05) is 0 Å². The minimum absolute atomic E-state index is 0.312. The lowest BCUT2D eigenvalue weighted by atomic mass is 10.1. The SMILES string of the molecule is CCCCC(N)CN(CCOC)C(CC)CC. The van der Waals surface area contributed by atoms with Gasteiger partial charge in [-0.3, -0.25) is 4.90 Å². The van der Waals surface area contributed by atoms with Crippen molar-refractivity contribution in [1.82, 2.24) is 4.90 Å². The quantitative estimate of drug-likeness (QED) is 0.607. The second-order valence-corrected chi connectivity index (χ2v) is 4.86. The van der Waals surface area contributed by atoms with Crippen molar-refractivity contribution in [3.63, 3.8) is 0 Å². The molecule has 0 saturated carbocycles. The van der Waals surface area contributed by atoms with Crippen molar-refractivity contribution in [2.45, 2.75) is 65.0 Å². The monoisotopic (exact) mass is 244 g/mol. The zero-order valence-corrected chi connectivity index (χ0v) is 12.2. The Hall–Kier alpha value is -0.120. The Bertz CT molecular complexity index is 160. The largest absolute Gasteiger partial charge is 0.383 e. The zero-order valence-electron chi connectivity index (χ0n) is 12.2. The minimum atomic E-state index is 0.312. The molecule has 0 spiro atoms. The molecule has 17 heavy (non-hydrogen) atoms. The van der Waals surface area contributed by atoms with Crippen molar-refractivity contribution in [2.24, 2.45) is 5.73 Å². The fourth-order valence-corrected chi connectivity index (χ4v) is 2.30. The second kappa shape index (κ2) is 11.0. The molecule has 0 heterocycles. The molecule has 0 aliphatic carbocycles.